The highest BCUT2D eigenvalue weighted by molar-refractivity contribution is 5.92. The molecule has 0 aliphatic rings. The summed E-state index contributed by atoms with van der Waals surface area (Å²) in [5.74, 6) is 0.664. The van der Waals surface area contributed by atoms with Gasteiger partial charge in [-0.1, -0.05) is 17.3 Å². The van der Waals surface area contributed by atoms with Gasteiger partial charge in [-0.25, -0.2) is 0 Å². The predicted octanol–water partition coefficient (Wildman–Crippen LogP) is 2.02. The molecule has 134 valence electrons. The molecule has 0 saturated carbocycles. The number of benzene rings is 1. The Balaban J connectivity index is 1.55. The van der Waals surface area contributed by atoms with E-state index in [-0.39, 0.29) is 12.3 Å². The summed E-state index contributed by atoms with van der Waals surface area (Å²) in [5.41, 5.74) is 6.52. The first-order chi connectivity index (χ1) is 12.5. The van der Waals surface area contributed by atoms with E-state index in [2.05, 4.69) is 10.1 Å². The number of hydrogen-bond acceptors (Lipinski definition) is 6. The number of amides is 2. The van der Waals surface area contributed by atoms with E-state index in [1.807, 2.05) is 6.07 Å². The molecule has 3 rings (SSSR count). The molecule has 0 atom stereocenters. The monoisotopic (exact) mass is 354 g/mol. The molecule has 26 heavy (non-hydrogen) atoms. The smallest absolute Gasteiger partial charge is 0.248 e. The van der Waals surface area contributed by atoms with Crippen molar-refractivity contribution in [3.05, 3.63) is 59.7 Å². The third-order valence-corrected chi connectivity index (χ3v) is 3.82. The minimum atomic E-state index is -0.496. The number of furan rings is 1. The van der Waals surface area contributed by atoms with Crippen molar-refractivity contribution in [1.82, 2.24) is 15.0 Å². The summed E-state index contributed by atoms with van der Waals surface area (Å²) < 4.78 is 10.3. The maximum Gasteiger partial charge on any atom is 0.248 e. The van der Waals surface area contributed by atoms with Crippen LogP contribution in [0.1, 0.15) is 28.2 Å². The Labute approximate surface area is 149 Å². The minimum absolute atomic E-state index is 0.0766. The Morgan fingerprint density at radius 3 is 2.81 bits per heavy atom. The maximum absolute atomic E-state index is 12.3. The first-order valence-corrected chi connectivity index (χ1v) is 8.02. The van der Waals surface area contributed by atoms with Crippen molar-refractivity contribution in [3.8, 4) is 11.6 Å². The molecule has 0 saturated heterocycles. The summed E-state index contributed by atoms with van der Waals surface area (Å²) >= 11 is 0. The van der Waals surface area contributed by atoms with Crippen molar-refractivity contribution in [2.24, 2.45) is 5.73 Å². The normalized spacial score (nSPS) is 10.7. The van der Waals surface area contributed by atoms with Gasteiger partial charge < -0.3 is 19.6 Å². The van der Waals surface area contributed by atoms with Gasteiger partial charge in [-0.15, -0.1) is 0 Å². The van der Waals surface area contributed by atoms with Crippen LogP contribution in [0.25, 0.3) is 11.6 Å². The molecule has 0 fully saturated rings. The second kappa shape index (κ2) is 7.64. The molecule has 0 spiro atoms. The summed E-state index contributed by atoms with van der Waals surface area (Å²) in [6.07, 6.45) is 2.08. The third-order valence-electron chi connectivity index (χ3n) is 3.82. The van der Waals surface area contributed by atoms with Crippen molar-refractivity contribution >= 4 is 11.8 Å². The molecule has 8 nitrogen and oxygen atoms in total. The Morgan fingerprint density at radius 2 is 2.08 bits per heavy atom. The van der Waals surface area contributed by atoms with E-state index in [9.17, 15) is 9.59 Å². The van der Waals surface area contributed by atoms with E-state index in [0.29, 0.717) is 36.0 Å². The van der Waals surface area contributed by atoms with E-state index < -0.39 is 5.91 Å². The summed E-state index contributed by atoms with van der Waals surface area (Å²) in [6, 6.07) is 10.4. The minimum Gasteiger partial charge on any atom is -0.461 e. The van der Waals surface area contributed by atoms with Crippen LogP contribution in [0.3, 0.4) is 0 Å². The van der Waals surface area contributed by atoms with E-state index >= 15 is 0 Å². The van der Waals surface area contributed by atoms with Crippen LogP contribution in [0.5, 0.6) is 0 Å². The van der Waals surface area contributed by atoms with Crippen LogP contribution < -0.4 is 5.73 Å². The molecule has 0 aliphatic heterocycles. The molecular weight excluding hydrogens is 336 g/mol. The molecule has 2 aromatic heterocycles. The van der Waals surface area contributed by atoms with Crippen LogP contribution >= 0.6 is 0 Å². The van der Waals surface area contributed by atoms with E-state index in [0.717, 1.165) is 5.56 Å². The topological polar surface area (TPSA) is 115 Å². The number of rotatable bonds is 7. The highest BCUT2D eigenvalue weighted by Gasteiger charge is 2.15. The lowest BCUT2D eigenvalue weighted by molar-refractivity contribution is -0.130. The Kier molecular flexibility index (Phi) is 5.12. The number of carbonyl (C=O) groups excluding carboxylic acids is 2. The first kappa shape index (κ1) is 17.4. The zero-order valence-corrected chi connectivity index (χ0v) is 14.2. The van der Waals surface area contributed by atoms with Gasteiger partial charge in [0.05, 0.1) is 6.26 Å². The number of hydrogen-bond donors (Lipinski definition) is 1. The van der Waals surface area contributed by atoms with Crippen molar-refractivity contribution in [2.45, 2.75) is 19.4 Å². The SMILES string of the molecule is CN(Cc1cccc(C(N)=O)c1)C(=O)CCc1nc(-c2ccco2)no1. The van der Waals surface area contributed by atoms with Gasteiger partial charge in [0.2, 0.25) is 23.5 Å². The number of carbonyl (C=O) groups is 2. The highest BCUT2D eigenvalue weighted by Crippen LogP contribution is 2.16. The van der Waals surface area contributed by atoms with Gasteiger partial charge in [-0.2, -0.15) is 4.98 Å². The molecule has 2 N–H and O–H groups in total. The average Bonchev–Trinajstić information content (AvgIpc) is 3.31. The standard InChI is InChI=1S/C18H18N4O4/c1-22(11-12-4-2-5-13(10-12)17(19)24)16(23)8-7-15-20-18(21-26-15)14-6-3-9-25-14/h2-6,9-10H,7-8,11H2,1H3,(H2,19,24). The van der Waals surface area contributed by atoms with E-state index in [4.69, 9.17) is 14.7 Å². The zero-order chi connectivity index (χ0) is 18.5. The summed E-state index contributed by atoms with van der Waals surface area (Å²) in [6.45, 7) is 0.376. The van der Waals surface area contributed by atoms with Crippen LogP contribution in [0.2, 0.25) is 0 Å². The summed E-state index contributed by atoms with van der Waals surface area (Å²) in [7, 11) is 1.70. The lowest BCUT2D eigenvalue weighted by Gasteiger charge is -2.17. The van der Waals surface area contributed by atoms with Crippen LogP contribution in [-0.2, 0) is 17.8 Å². The highest BCUT2D eigenvalue weighted by atomic mass is 16.5. The second-order valence-corrected chi connectivity index (χ2v) is 5.80. The van der Waals surface area contributed by atoms with Crippen LogP contribution in [0.4, 0.5) is 0 Å². The average molecular weight is 354 g/mol. The fourth-order valence-electron chi connectivity index (χ4n) is 2.45. The van der Waals surface area contributed by atoms with Crippen molar-refractivity contribution in [1.29, 1.82) is 0 Å². The van der Waals surface area contributed by atoms with Crippen molar-refractivity contribution in [2.75, 3.05) is 7.05 Å². The number of aromatic nitrogens is 2. The maximum atomic E-state index is 12.3. The molecule has 0 radical (unpaired) electrons. The van der Waals surface area contributed by atoms with Crippen molar-refractivity contribution < 1.29 is 18.5 Å². The van der Waals surface area contributed by atoms with Gasteiger partial charge in [-0.3, -0.25) is 9.59 Å². The largest absolute Gasteiger partial charge is 0.461 e. The quantitative estimate of drug-likeness (QED) is 0.694. The van der Waals surface area contributed by atoms with Gasteiger partial charge in [0.25, 0.3) is 0 Å². The fraction of sp³-hybridized carbons (Fsp3) is 0.222. The Bertz CT molecular complexity index is 902. The Hall–Kier alpha value is -3.42. The fourth-order valence-corrected chi connectivity index (χ4v) is 2.45. The molecule has 0 unspecified atom stereocenters. The number of nitrogens with zero attached hydrogens (tertiary/aromatic N) is 3. The van der Waals surface area contributed by atoms with Gasteiger partial charge in [0.1, 0.15) is 0 Å². The van der Waals surface area contributed by atoms with Crippen LogP contribution in [0.15, 0.2) is 51.6 Å². The summed E-state index contributed by atoms with van der Waals surface area (Å²) in [5, 5.41) is 3.83. The Morgan fingerprint density at radius 1 is 1.23 bits per heavy atom. The first-order valence-electron chi connectivity index (χ1n) is 8.02. The van der Waals surface area contributed by atoms with Crippen LogP contribution in [-0.4, -0.2) is 33.9 Å². The molecular formula is C18H18N4O4. The van der Waals surface area contributed by atoms with Gasteiger partial charge in [0, 0.05) is 32.0 Å². The van der Waals surface area contributed by atoms with Crippen LogP contribution in [0, 0.1) is 0 Å². The van der Waals surface area contributed by atoms with Gasteiger partial charge in [-0.05, 0) is 29.8 Å². The molecule has 8 heteroatoms. The zero-order valence-electron chi connectivity index (χ0n) is 14.2. The predicted molar refractivity (Wildman–Crippen MR) is 91.8 cm³/mol. The van der Waals surface area contributed by atoms with E-state index in [1.165, 1.54) is 6.26 Å². The summed E-state index contributed by atoms with van der Waals surface area (Å²) in [4.78, 5) is 29.3. The lowest BCUT2D eigenvalue weighted by Crippen LogP contribution is -2.26. The van der Waals surface area contributed by atoms with Gasteiger partial charge in [0.15, 0.2) is 5.76 Å². The van der Waals surface area contributed by atoms with E-state index in [1.54, 1.807) is 42.3 Å². The molecule has 3 aromatic rings. The molecule has 2 amide bonds. The number of primary amides is 1. The molecule has 2 heterocycles. The number of aryl methyl sites for hydroxylation is 1. The number of nitrogens with two attached hydrogens (primary N) is 1. The van der Waals surface area contributed by atoms with Gasteiger partial charge >= 0.3 is 0 Å². The second-order valence-electron chi connectivity index (χ2n) is 5.80. The lowest BCUT2D eigenvalue weighted by atomic mass is 10.1. The molecule has 1 aromatic carbocycles. The molecule has 0 aliphatic carbocycles. The van der Waals surface area contributed by atoms with Crippen molar-refractivity contribution in [3.63, 3.8) is 0 Å². The molecule has 0 bridgehead atoms. The third kappa shape index (κ3) is 4.15.